The number of halogens is 1. The number of hydrogen-bond donors (Lipinski definition) is 1. The average molecular weight is 308 g/mol. The maximum Gasteiger partial charge on any atom is 0.244 e. The fourth-order valence-corrected chi connectivity index (χ4v) is 3.03. The molecule has 1 N–H and O–H groups in total. The third-order valence-electron chi connectivity index (χ3n) is 3.95. The highest BCUT2D eigenvalue weighted by Gasteiger charge is 2.26. The van der Waals surface area contributed by atoms with Crippen molar-refractivity contribution >= 4 is 17.5 Å². The van der Waals surface area contributed by atoms with Gasteiger partial charge in [-0.3, -0.25) is 14.6 Å². The zero-order valence-electron chi connectivity index (χ0n) is 11.9. The molecule has 1 saturated heterocycles. The van der Waals surface area contributed by atoms with Crippen LogP contribution in [0.5, 0.6) is 0 Å². The van der Waals surface area contributed by atoms with Crippen LogP contribution >= 0.6 is 11.6 Å². The molecule has 7 heteroatoms. The lowest BCUT2D eigenvalue weighted by Crippen LogP contribution is -2.41. The van der Waals surface area contributed by atoms with E-state index in [1.165, 1.54) is 0 Å². The maximum atomic E-state index is 12.4. The summed E-state index contributed by atoms with van der Waals surface area (Å²) in [5.74, 6) is 0.419. The number of carbonyl (C=O) groups is 1. The molecule has 1 amide bonds. The number of nitrogens with zero attached hydrogens (tertiary/aromatic N) is 4. The van der Waals surface area contributed by atoms with Crippen molar-refractivity contribution in [1.29, 1.82) is 0 Å². The first-order chi connectivity index (χ1) is 10.1. The molecular formula is C14H18ClN5O. The van der Waals surface area contributed by atoms with Crippen LogP contribution < -0.4 is 0 Å². The summed E-state index contributed by atoms with van der Waals surface area (Å²) in [5, 5.41) is 11.7. The van der Waals surface area contributed by atoms with Crippen LogP contribution in [0.15, 0.2) is 18.6 Å². The molecule has 1 atom stereocenters. The number of carbonyl (C=O) groups excluding carboxylic acids is 1. The number of rotatable bonds is 3. The number of hydrogen-bond acceptors (Lipinski definition) is 3. The minimum atomic E-state index is 0.0802. The Morgan fingerprint density at radius 1 is 1.52 bits per heavy atom. The first-order valence-corrected chi connectivity index (χ1v) is 7.47. The van der Waals surface area contributed by atoms with Crippen LogP contribution in [0.4, 0.5) is 0 Å². The smallest absolute Gasteiger partial charge is 0.244 e. The molecule has 6 nitrogen and oxygen atoms in total. The fraction of sp³-hybridized carbons (Fsp3) is 0.500. The Bertz CT molecular complexity index is 635. The van der Waals surface area contributed by atoms with Gasteiger partial charge in [-0.05, 0) is 25.3 Å². The minimum Gasteiger partial charge on any atom is -0.340 e. The molecule has 0 unspecified atom stereocenters. The van der Waals surface area contributed by atoms with Crippen molar-refractivity contribution in [2.45, 2.75) is 32.2 Å². The topological polar surface area (TPSA) is 66.8 Å². The van der Waals surface area contributed by atoms with Crippen LogP contribution in [-0.2, 0) is 11.3 Å². The molecule has 2 aromatic rings. The molecule has 2 aromatic heterocycles. The van der Waals surface area contributed by atoms with Gasteiger partial charge in [-0.25, -0.2) is 0 Å². The number of aromatic amines is 1. The van der Waals surface area contributed by atoms with E-state index in [1.807, 2.05) is 18.0 Å². The van der Waals surface area contributed by atoms with Gasteiger partial charge in [-0.1, -0.05) is 11.6 Å². The van der Waals surface area contributed by atoms with Crippen LogP contribution in [0.25, 0.3) is 0 Å². The molecule has 0 bridgehead atoms. The van der Waals surface area contributed by atoms with Crippen molar-refractivity contribution in [3.63, 3.8) is 0 Å². The quantitative estimate of drug-likeness (QED) is 0.943. The van der Waals surface area contributed by atoms with Gasteiger partial charge in [0.05, 0.1) is 17.4 Å². The van der Waals surface area contributed by atoms with Crippen molar-refractivity contribution < 1.29 is 4.79 Å². The Balaban J connectivity index is 1.65. The second kappa shape index (κ2) is 5.89. The highest BCUT2D eigenvalue weighted by atomic mass is 35.5. The zero-order chi connectivity index (χ0) is 14.8. The Labute approximate surface area is 128 Å². The van der Waals surface area contributed by atoms with E-state index < -0.39 is 0 Å². The van der Waals surface area contributed by atoms with Crippen LogP contribution in [0.2, 0.25) is 5.02 Å². The molecule has 1 fully saturated rings. The first kappa shape index (κ1) is 14.1. The predicted octanol–water partition coefficient (Wildman–Crippen LogP) is 1.97. The summed E-state index contributed by atoms with van der Waals surface area (Å²) >= 11 is 5.82. The summed E-state index contributed by atoms with van der Waals surface area (Å²) in [7, 11) is 0. The van der Waals surface area contributed by atoms with Gasteiger partial charge >= 0.3 is 0 Å². The SMILES string of the molecule is Cc1cn[nH]c1[C@H]1CCCN(C(=O)Cn2cc(Cl)cn2)C1. The van der Waals surface area contributed by atoms with Crippen molar-refractivity contribution in [2.75, 3.05) is 13.1 Å². The van der Waals surface area contributed by atoms with E-state index in [-0.39, 0.29) is 12.5 Å². The van der Waals surface area contributed by atoms with E-state index in [4.69, 9.17) is 11.6 Å². The summed E-state index contributed by atoms with van der Waals surface area (Å²) in [6, 6.07) is 0. The van der Waals surface area contributed by atoms with E-state index in [1.54, 1.807) is 17.1 Å². The standard InChI is InChI=1S/C14H18ClN5O/c1-10-5-16-18-14(10)11-3-2-4-19(7-11)13(21)9-20-8-12(15)6-17-20/h5-6,8,11H,2-4,7,9H2,1H3,(H,16,18)/t11-/m0/s1. The maximum absolute atomic E-state index is 12.4. The number of aryl methyl sites for hydroxylation is 1. The van der Waals surface area contributed by atoms with Crippen LogP contribution in [-0.4, -0.2) is 43.9 Å². The summed E-state index contributed by atoms with van der Waals surface area (Å²) in [6.07, 6.45) is 7.14. The monoisotopic (exact) mass is 307 g/mol. The van der Waals surface area contributed by atoms with Crippen LogP contribution in [0.3, 0.4) is 0 Å². The second-order valence-electron chi connectivity index (χ2n) is 5.50. The van der Waals surface area contributed by atoms with Crippen molar-refractivity contribution in [3.05, 3.63) is 34.9 Å². The second-order valence-corrected chi connectivity index (χ2v) is 5.94. The van der Waals surface area contributed by atoms with Gasteiger partial charge in [0.1, 0.15) is 6.54 Å². The molecule has 0 aromatic carbocycles. The van der Waals surface area contributed by atoms with Gasteiger partial charge in [0.25, 0.3) is 0 Å². The van der Waals surface area contributed by atoms with Crippen molar-refractivity contribution in [1.82, 2.24) is 24.9 Å². The lowest BCUT2D eigenvalue weighted by atomic mass is 9.93. The number of amides is 1. The molecule has 1 aliphatic rings. The Morgan fingerprint density at radius 3 is 3.05 bits per heavy atom. The highest BCUT2D eigenvalue weighted by Crippen LogP contribution is 2.27. The van der Waals surface area contributed by atoms with E-state index >= 15 is 0 Å². The summed E-state index contributed by atoms with van der Waals surface area (Å²) in [6.45, 7) is 3.82. The van der Waals surface area contributed by atoms with Gasteiger partial charge in [0.15, 0.2) is 0 Å². The largest absolute Gasteiger partial charge is 0.340 e. The molecule has 112 valence electrons. The van der Waals surface area contributed by atoms with E-state index in [0.717, 1.165) is 37.2 Å². The first-order valence-electron chi connectivity index (χ1n) is 7.09. The number of aromatic nitrogens is 4. The molecular weight excluding hydrogens is 290 g/mol. The zero-order valence-corrected chi connectivity index (χ0v) is 12.7. The van der Waals surface area contributed by atoms with Crippen LogP contribution in [0.1, 0.15) is 30.0 Å². The van der Waals surface area contributed by atoms with E-state index in [2.05, 4.69) is 15.3 Å². The number of nitrogens with one attached hydrogen (secondary N) is 1. The number of H-pyrrole nitrogens is 1. The molecule has 0 aliphatic carbocycles. The average Bonchev–Trinajstić information content (AvgIpc) is 3.07. The van der Waals surface area contributed by atoms with Gasteiger partial charge in [0.2, 0.25) is 5.91 Å². The highest BCUT2D eigenvalue weighted by molar-refractivity contribution is 6.30. The predicted molar refractivity (Wildman–Crippen MR) is 79.1 cm³/mol. The summed E-state index contributed by atoms with van der Waals surface area (Å²) in [5.41, 5.74) is 2.31. The van der Waals surface area contributed by atoms with E-state index in [9.17, 15) is 4.79 Å². The van der Waals surface area contributed by atoms with Crippen molar-refractivity contribution in [2.24, 2.45) is 0 Å². The van der Waals surface area contributed by atoms with Crippen molar-refractivity contribution in [3.8, 4) is 0 Å². The normalized spacial score (nSPS) is 19.0. The number of piperidine rings is 1. The van der Waals surface area contributed by atoms with Crippen LogP contribution in [0, 0.1) is 6.92 Å². The Morgan fingerprint density at radius 2 is 2.38 bits per heavy atom. The number of likely N-dealkylation sites (tertiary alicyclic amines) is 1. The lowest BCUT2D eigenvalue weighted by Gasteiger charge is -2.32. The summed E-state index contributed by atoms with van der Waals surface area (Å²) in [4.78, 5) is 14.3. The lowest BCUT2D eigenvalue weighted by molar-refractivity contribution is -0.133. The summed E-state index contributed by atoms with van der Waals surface area (Å²) < 4.78 is 1.58. The minimum absolute atomic E-state index is 0.0802. The fourth-order valence-electron chi connectivity index (χ4n) is 2.87. The van der Waals surface area contributed by atoms with Gasteiger partial charge in [0, 0.05) is 30.9 Å². The third-order valence-corrected chi connectivity index (χ3v) is 4.14. The molecule has 3 heterocycles. The molecule has 0 saturated carbocycles. The van der Waals surface area contributed by atoms with Gasteiger partial charge in [-0.15, -0.1) is 0 Å². The molecule has 21 heavy (non-hydrogen) atoms. The van der Waals surface area contributed by atoms with Gasteiger partial charge in [-0.2, -0.15) is 10.2 Å². The Kier molecular flexibility index (Phi) is 3.96. The van der Waals surface area contributed by atoms with Gasteiger partial charge < -0.3 is 4.90 Å². The Hall–Kier alpha value is -1.82. The van der Waals surface area contributed by atoms with E-state index in [0.29, 0.717) is 10.9 Å². The molecule has 1 aliphatic heterocycles. The molecule has 0 spiro atoms. The molecule has 3 rings (SSSR count). The third kappa shape index (κ3) is 3.10. The molecule has 0 radical (unpaired) electrons.